The van der Waals surface area contributed by atoms with E-state index in [4.69, 9.17) is 0 Å². The molecule has 0 amide bonds. The van der Waals surface area contributed by atoms with Gasteiger partial charge in [0.05, 0.1) is 10.9 Å². The van der Waals surface area contributed by atoms with E-state index in [1.165, 1.54) is 11.8 Å². The summed E-state index contributed by atoms with van der Waals surface area (Å²) in [5.74, 6) is 0.880. The molecule has 0 saturated heterocycles. The Bertz CT molecular complexity index is 983. The van der Waals surface area contributed by atoms with Gasteiger partial charge in [0.15, 0.2) is 10.9 Å². The van der Waals surface area contributed by atoms with Crippen LogP contribution in [0.3, 0.4) is 0 Å². The normalized spacial score (nSPS) is 11.0. The molecule has 0 radical (unpaired) electrons. The molecule has 0 saturated carbocycles. The summed E-state index contributed by atoms with van der Waals surface area (Å²) in [5, 5.41) is 1.36. The third-order valence-electron chi connectivity index (χ3n) is 4.09. The highest BCUT2D eigenvalue weighted by Gasteiger charge is 2.11. The van der Waals surface area contributed by atoms with Gasteiger partial charge in [-0.2, -0.15) is 0 Å². The number of thioether (sulfide) groups is 1. The minimum atomic E-state index is -0.00783. The first-order valence-electron chi connectivity index (χ1n) is 8.51. The van der Waals surface area contributed by atoms with Crippen LogP contribution in [0.4, 0.5) is 0 Å². The summed E-state index contributed by atoms with van der Waals surface area (Å²) in [6.45, 7) is 2.52. The first kappa shape index (κ1) is 18.9. The van der Waals surface area contributed by atoms with Crippen molar-refractivity contribution in [3.63, 3.8) is 0 Å². The third-order valence-corrected chi connectivity index (χ3v) is 5.68. The summed E-state index contributed by atoms with van der Waals surface area (Å²) in [7, 11) is 0. The number of halogens is 1. The Balaban J connectivity index is 1.65. The number of carbonyl (C=O) groups is 1. The van der Waals surface area contributed by atoms with E-state index in [0.29, 0.717) is 23.5 Å². The van der Waals surface area contributed by atoms with E-state index in [-0.39, 0.29) is 11.3 Å². The molecule has 0 aliphatic carbocycles. The molecule has 0 spiro atoms. The van der Waals surface area contributed by atoms with Gasteiger partial charge in [-0.1, -0.05) is 52.0 Å². The molecule has 0 N–H and O–H groups in total. The van der Waals surface area contributed by atoms with E-state index in [9.17, 15) is 9.59 Å². The molecule has 0 unspecified atom stereocenters. The molecule has 6 heteroatoms. The first-order valence-corrected chi connectivity index (χ1v) is 10.3. The number of hydrogen-bond donors (Lipinski definition) is 0. The summed E-state index contributed by atoms with van der Waals surface area (Å²) in [6.07, 6.45) is 1.23. The van der Waals surface area contributed by atoms with Crippen LogP contribution in [0.2, 0.25) is 0 Å². The van der Waals surface area contributed by atoms with Crippen LogP contribution >= 0.6 is 27.7 Å². The maximum Gasteiger partial charge on any atom is 0.262 e. The summed E-state index contributed by atoms with van der Waals surface area (Å²) >= 11 is 4.90. The van der Waals surface area contributed by atoms with Crippen LogP contribution in [0, 0.1) is 0 Å². The first-order chi connectivity index (χ1) is 12.6. The predicted molar refractivity (Wildman–Crippen MR) is 110 cm³/mol. The Morgan fingerprint density at radius 3 is 2.62 bits per heavy atom. The fourth-order valence-corrected chi connectivity index (χ4v) is 3.98. The third kappa shape index (κ3) is 4.24. The average Bonchev–Trinajstić information content (AvgIpc) is 2.66. The molecule has 0 aliphatic heterocycles. The SMILES string of the molecule is CCn1c(SCCCC(=O)c2ccc(Br)cc2)nc2ccccc2c1=O. The summed E-state index contributed by atoms with van der Waals surface area (Å²) < 4.78 is 2.66. The quantitative estimate of drug-likeness (QED) is 0.230. The van der Waals surface area contributed by atoms with Crippen LogP contribution in [0.15, 0.2) is 63.0 Å². The van der Waals surface area contributed by atoms with Crippen LogP contribution in [-0.2, 0) is 6.54 Å². The molecular formula is C20H19BrN2O2S. The molecule has 2 aromatic carbocycles. The lowest BCUT2D eigenvalue weighted by Crippen LogP contribution is -2.22. The lowest BCUT2D eigenvalue weighted by Gasteiger charge is -2.11. The van der Waals surface area contributed by atoms with E-state index in [1.54, 1.807) is 4.57 Å². The minimum Gasteiger partial charge on any atom is -0.294 e. The topological polar surface area (TPSA) is 52.0 Å². The van der Waals surface area contributed by atoms with Crippen molar-refractivity contribution in [2.45, 2.75) is 31.5 Å². The molecule has 0 bridgehead atoms. The lowest BCUT2D eigenvalue weighted by molar-refractivity contribution is 0.0982. The zero-order valence-corrected chi connectivity index (χ0v) is 16.8. The standard InChI is InChI=1S/C20H19BrN2O2S/c1-2-23-19(25)16-6-3-4-7-17(16)22-20(23)26-13-5-8-18(24)14-9-11-15(21)12-10-14/h3-4,6-7,9-12H,2,5,8,13H2,1H3. The number of ketones is 1. The molecule has 4 nitrogen and oxygen atoms in total. The zero-order valence-electron chi connectivity index (χ0n) is 14.4. The minimum absolute atomic E-state index is 0.00783. The maximum atomic E-state index is 12.6. The lowest BCUT2D eigenvalue weighted by atomic mass is 10.1. The number of carbonyl (C=O) groups excluding carboxylic acids is 1. The molecule has 3 rings (SSSR count). The molecule has 134 valence electrons. The monoisotopic (exact) mass is 430 g/mol. The van der Waals surface area contributed by atoms with Crippen LogP contribution in [0.25, 0.3) is 10.9 Å². The molecule has 0 fully saturated rings. The Morgan fingerprint density at radius 1 is 1.15 bits per heavy atom. The predicted octanol–water partition coefficient (Wildman–Crippen LogP) is 4.93. The second-order valence-electron chi connectivity index (χ2n) is 5.84. The number of nitrogens with zero attached hydrogens (tertiary/aromatic N) is 2. The molecular weight excluding hydrogens is 412 g/mol. The highest BCUT2D eigenvalue weighted by atomic mass is 79.9. The molecule has 3 aromatic rings. The molecule has 26 heavy (non-hydrogen) atoms. The molecule has 0 atom stereocenters. The van der Waals surface area contributed by atoms with Gasteiger partial charge in [0, 0.05) is 28.8 Å². The number of Topliss-reactive ketones (excluding diaryl/α,β-unsaturated/α-hetero) is 1. The van der Waals surface area contributed by atoms with Crippen LogP contribution < -0.4 is 5.56 Å². The zero-order chi connectivity index (χ0) is 18.5. The van der Waals surface area contributed by atoms with E-state index < -0.39 is 0 Å². The fraction of sp³-hybridized carbons (Fsp3) is 0.250. The Labute approximate surface area is 164 Å². The van der Waals surface area contributed by atoms with Gasteiger partial charge in [-0.15, -0.1) is 0 Å². The van der Waals surface area contributed by atoms with Crippen LogP contribution in [-0.4, -0.2) is 21.1 Å². The van der Waals surface area contributed by atoms with Crippen molar-refractivity contribution >= 4 is 44.4 Å². The smallest absolute Gasteiger partial charge is 0.262 e. The fourth-order valence-electron chi connectivity index (χ4n) is 2.71. The average molecular weight is 431 g/mol. The summed E-state index contributed by atoms with van der Waals surface area (Å²) in [5.41, 5.74) is 1.44. The van der Waals surface area contributed by atoms with E-state index in [1.807, 2.05) is 55.5 Å². The van der Waals surface area contributed by atoms with Crippen LogP contribution in [0.5, 0.6) is 0 Å². The van der Waals surface area contributed by atoms with Gasteiger partial charge >= 0.3 is 0 Å². The Hall–Kier alpha value is -1.92. The van der Waals surface area contributed by atoms with Gasteiger partial charge in [-0.05, 0) is 37.6 Å². The number of fused-ring (bicyclic) bond motifs is 1. The van der Waals surface area contributed by atoms with Crippen LogP contribution in [0.1, 0.15) is 30.1 Å². The summed E-state index contributed by atoms with van der Waals surface area (Å²) in [4.78, 5) is 29.4. The van der Waals surface area contributed by atoms with E-state index in [2.05, 4.69) is 20.9 Å². The van der Waals surface area contributed by atoms with E-state index >= 15 is 0 Å². The molecule has 1 heterocycles. The van der Waals surface area contributed by atoms with Crippen molar-refractivity contribution in [3.8, 4) is 0 Å². The van der Waals surface area contributed by atoms with Gasteiger partial charge in [-0.3, -0.25) is 14.2 Å². The largest absolute Gasteiger partial charge is 0.294 e. The number of hydrogen-bond acceptors (Lipinski definition) is 4. The highest BCUT2D eigenvalue weighted by Crippen LogP contribution is 2.20. The number of aromatic nitrogens is 2. The van der Waals surface area contributed by atoms with Crippen molar-refractivity contribution in [1.29, 1.82) is 0 Å². The molecule has 1 aromatic heterocycles. The van der Waals surface area contributed by atoms with Gasteiger partial charge in [0.25, 0.3) is 5.56 Å². The van der Waals surface area contributed by atoms with Gasteiger partial charge < -0.3 is 0 Å². The maximum absolute atomic E-state index is 12.6. The second-order valence-corrected chi connectivity index (χ2v) is 7.82. The van der Waals surface area contributed by atoms with Gasteiger partial charge in [0.2, 0.25) is 0 Å². The number of rotatable bonds is 7. The van der Waals surface area contributed by atoms with Crippen molar-refractivity contribution in [1.82, 2.24) is 9.55 Å². The number of para-hydroxylation sites is 1. The second kappa shape index (κ2) is 8.64. The van der Waals surface area contributed by atoms with E-state index in [0.717, 1.165) is 27.7 Å². The van der Waals surface area contributed by atoms with Crippen molar-refractivity contribution in [2.24, 2.45) is 0 Å². The van der Waals surface area contributed by atoms with Gasteiger partial charge in [0.1, 0.15) is 0 Å². The van der Waals surface area contributed by atoms with Crippen molar-refractivity contribution in [2.75, 3.05) is 5.75 Å². The summed E-state index contributed by atoms with van der Waals surface area (Å²) in [6, 6.07) is 14.8. The van der Waals surface area contributed by atoms with Gasteiger partial charge in [-0.25, -0.2) is 4.98 Å². The van der Waals surface area contributed by atoms with Crippen molar-refractivity contribution in [3.05, 3.63) is 68.9 Å². The Morgan fingerprint density at radius 2 is 1.88 bits per heavy atom. The number of benzene rings is 2. The molecule has 0 aliphatic rings. The van der Waals surface area contributed by atoms with Crippen molar-refractivity contribution < 1.29 is 4.79 Å². The highest BCUT2D eigenvalue weighted by molar-refractivity contribution is 9.10. The Kier molecular flexibility index (Phi) is 6.27.